The van der Waals surface area contributed by atoms with Gasteiger partial charge < -0.3 is 5.11 Å². The first-order valence-corrected chi connectivity index (χ1v) is 7.33. The van der Waals surface area contributed by atoms with Crippen LogP contribution in [0.2, 0.25) is 0 Å². The fraction of sp³-hybridized carbons (Fsp3) is 0.263. The average Bonchev–Trinajstić information content (AvgIpc) is 2.90. The number of benzene rings is 2. The van der Waals surface area contributed by atoms with E-state index in [0.717, 1.165) is 25.2 Å². The quantitative estimate of drug-likeness (QED) is 0.872. The molecular formula is C19H19NO. The zero-order valence-electron chi connectivity index (χ0n) is 12.0. The predicted molar refractivity (Wildman–Crippen MR) is 84.4 cm³/mol. The number of aliphatic hydroxyl groups is 1. The Kier molecular flexibility index (Phi) is 4.35. The summed E-state index contributed by atoms with van der Waals surface area (Å²) >= 11 is 0. The van der Waals surface area contributed by atoms with Gasteiger partial charge in [0.15, 0.2) is 0 Å². The molecule has 0 saturated heterocycles. The van der Waals surface area contributed by atoms with E-state index in [2.05, 4.69) is 59.2 Å². The van der Waals surface area contributed by atoms with Crippen molar-refractivity contribution in [3.05, 3.63) is 70.8 Å². The van der Waals surface area contributed by atoms with Gasteiger partial charge in [0.05, 0.1) is 6.61 Å². The molecule has 0 radical (unpaired) electrons. The van der Waals surface area contributed by atoms with Crippen LogP contribution in [0.25, 0.3) is 0 Å². The van der Waals surface area contributed by atoms with Crippen molar-refractivity contribution in [2.75, 3.05) is 6.61 Å². The fourth-order valence-electron chi connectivity index (χ4n) is 2.74. The minimum Gasteiger partial charge on any atom is -0.395 e. The minimum absolute atomic E-state index is 0.124. The van der Waals surface area contributed by atoms with Gasteiger partial charge in [-0.2, -0.15) is 0 Å². The van der Waals surface area contributed by atoms with E-state index in [9.17, 15) is 0 Å². The van der Waals surface area contributed by atoms with Crippen LogP contribution < -0.4 is 0 Å². The molecule has 0 bridgehead atoms. The summed E-state index contributed by atoms with van der Waals surface area (Å²) in [5, 5.41) is 8.77. The Labute approximate surface area is 126 Å². The van der Waals surface area contributed by atoms with Gasteiger partial charge in [0, 0.05) is 31.6 Å². The van der Waals surface area contributed by atoms with Crippen LogP contribution in [0.3, 0.4) is 0 Å². The number of fused-ring (bicyclic) bond motifs is 1. The highest BCUT2D eigenvalue weighted by Gasteiger charge is 2.17. The Morgan fingerprint density at radius 1 is 1.00 bits per heavy atom. The maximum absolute atomic E-state index is 8.77. The first-order chi connectivity index (χ1) is 10.3. The highest BCUT2D eigenvalue weighted by Crippen LogP contribution is 2.23. The van der Waals surface area contributed by atoms with Gasteiger partial charge in [-0.05, 0) is 28.8 Å². The van der Waals surface area contributed by atoms with Crippen molar-refractivity contribution in [1.82, 2.24) is 4.90 Å². The van der Waals surface area contributed by atoms with E-state index >= 15 is 0 Å². The summed E-state index contributed by atoms with van der Waals surface area (Å²) < 4.78 is 0. The number of hydrogen-bond acceptors (Lipinski definition) is 2. The molecule has 0 saturated carbocycles. The number of hydrogen-bond donors (Lipinski definition) is 1. The second-order valence-corrected chi connectivity index (χ2v) is 5.39. The molecule has 1 aliphatic rings. The number of nitrogens with zero attached hydrogens (tertiary/aromatic N) is 1. The standard InChI is InChI=1S/C19H19NO/c21-11-4-3-6-16-7-5-8-17(12-16)13-20-14-18-9-1-2-10-19(18)15-20/h1-2,5,7-10,12,21H,4,11,13-15H2. The van der Waals surface area contributed by atoms with Gasteiger partial charge in [0.1, 0.15) is 0 Å². The summed E-state index contributed by atoms with van der Waals surface area (Å²) in [6, 6.07) is 17.0. The van der Waals surface area contributed by atoms with Crippen molar-refractivity contribution in [3.63, 3.8) is 0 Å². The molecule has 1 aliphatic heterocycles. The molecule has 0 aromatic heterocycles. The number of rotatable bonds is 3. The van der Waals surface area contributed by atoms with Gasteiger partial charge in [-0.1, -0.05) is 48.2 Å². The molecule has 1 N–H and O–H groups in total. The smallest absolute Gasteiger partial charge is 0.0540 e. The molecule has 3 rings (SSSR count). The van der Waals surface area contributed by atoms with Crippen LogP contribution in [-0.4, -0.2) is 16.6 Å². The molecule has 0 unspecified atom stereocenters. The van der Waals surface area contributed by atoms with Crippen LogP contribution in [0, 0.1) is 11.8 Å². The SMILES string of the molecule is OCCC#Cc1cccc(CN2Cc3ccccc3C2)c1. The monoisotopic (exact) mass is 277 g/mol. The molecule has 2 heteroatoms. The molecule has 1 heterocycles. The molecule has 0 amide bonds. The van der Waals surface area contributed by atoms with Gasteiger partial charge in [0.25, 0.3) is 0 Å². The maximum atomic E-state index is 8.77. The summed E-state index contributed by atoms with van der Waals surface area (Å²) in [7, 11) is 0. The summed E-state index contributed by atoms with van der Waals surface area (Å²) in [6.07, 6.45) is 0.533. The third kappa shape index (κ3) is 3.52. The van der Waals surface area contributed by atoms with E-state index in [1.807, 2.05) is 6.07 Å². The van der Waals surface area contributed by atoms with Crippen molar-refractivity contribution in [1.29, 1.82) is 0 Å². The van der Waals surface area contributed by atoms with Gasteiger partial charge in [-0.25, -0.2) is 0 Å². The molecular weight excluding hydrogens is 258 g/mol. The number of aliphatic hydroxyl groups excluding tert-OH is 1. The van der Waals surface area contributed by atoms with Crippen molar-refractivity contribution in [3.8, 4) is 11.8 Å². The fourth-order valence-corrected chi connectivity index (χ4v) is 2.74. The van der Waals surface area contributed by atoms with Crippen LogP contribution in [0.1, 0.15) is 28.7 Å². The van der Waals surface area contributed by atoms with Crippen molar-refractivity contribution >= 4 is 0 Å². The van der Waals surface area contributed by atoms with Gasteiger partial charge >= 0.3 is 0 Å². The Balaban J connectivity index is 1.67. The summed E-state index contributed by atoms with van der Waals surface area (Å²) in [6.45, 7) is 3.12. The molecule has 0 atom stereocenters. The lowest BCUT2D eigenvalue weighted by molar-refractivity contribution is 0.275. The summed E-state index contributed by atoms with van der Waals surface area (Å²) in [5.74, 6) is 6.07. The summed E-state index contributed by atoms with van der Waals surface area (Å²) in [5.41, 5.74) is 5.20. The van der Waals surface area contributed by atoms with Crippen molar-refractivity contribution in [2.24, 2.45) is 0 Å². The first-order valence-electron chi connectivity index (χ1n) is 7.33. The zero-order chi connectivity index (χ0) is 14.5. The molecule has 21 heavy (non-hydrogen) atoms. The van der Waals surface area contributed by atoms with Crippen molar-refractivity contribution in [2.45, 2.75) is 26.1 Å². The van der Waals surface area contributed by atoms with Crippen LogP contribution in [0.5, 0.6) is 0 Å². The molecule has 2 aromatic rings. The van der Waals surface area contributed by atoms with Gasteiger partial charge in [-0.3, -0.25) is 4.90 Å². The predicted octanol–water partition coefficient (Wildman–Crippen LogP) is 2.94. The third-order valence-corrected chi connectivity index (χ3v) is 3.71. The molecule has 2 nitrogen and oxygen atoms in total. The van der Waals surface area contributed by atoms with E-state index in [1.54, 1.807) is 0 Å². The van der Waals surface area contributed by atoms with E-state index in [4.69, 9.17) is 5.11 Å². The maximum Gasteiger partial charge on any atom is 0.0540 e. The lowest BCUT2D eigenvalue weighted by Gasteiger charge is -2.14. The van der Waals surface area contributed by atoms with Crippen molar-refractivity contribution < 1.29 is 5.11 Å². The Morgan fingerprint density at radius 2 is 1.76 bits per heavy atom. The van der Waals surface area contributed by atoms with E-state index in [1.165, 1.54) is 16.7 Å². The second-order valence-electron chi connectivity index (χ2n) is 5.39. The Morgan fingerprint density at radius 3 is 2.48 bits per heavy atom. The molecule has 0 fully saturated rings. The van der Waals surface area contributed by atoms with E-state index in [0.29, 0.717) is 6.42 Å². The lowest BCUT2D eigenvalue weighted by Crippen LogP contribution is -2.15. The summed E-state index contributed by atoms with van der Waals surface area (Å²) in [4.78, 5) is 2.45. The molecule has 2 aromatic carbocycles. The van der Waals surface area contributed by atoms with Gasteiger partial charge in [0.2, 0.25) is 0 Å². The molecule has 0 spiro atoms. The highest BCUT2D eigenvalue weighted by molar-refractivity contribution is 5.37. The molecule has 0 aliphatic carbocycles. The normalized spacial score (nSPS) is 13.6. The first kappa shape index (κ1) is 13.9. The largest absolute Gasteiger partial charge is 0.395 e. The highest BCUT2D eigenvalue weighted by atomic mass is 16.2. The minimum atomic E-state index is 0.124. The van der Waals surface area contributed by atoms with Crippen LogP contribution in [0.4, 0.5) is 0 Å². The Hall–Kier alpha value is -2.08. The Bertz CT molecular complexity index is 656. The van der Waals surface area contributed by atoms with E-state index in [-0.39, 0.29) is 6.61 Å². The van der Waals surface area contributed by atoms with Gasteiger partial charge in [-0.15, -0.1) is 0 Å². The third-order valence-electron chi connectivity index (χ3n) is 3.71. The van der Waals surface area contributed by atoms with Crippen LogP contribution in [-0.2, 0) is 19.6 Å². The molecule has 106 valence electrons. The zero-order valence-corrected chi connectivity index (χ0v) is 12.0. The lowest BCUT2D eigenvalue weighted by atomic mass is 10.1. The van der Waals surface area contributed by atoms with Crippen LogP contribution >= 0.6 is 0 Å². The van der Waals surface area contributed by atoms with Crippen LogP contribution in [0.15, 0.2) is 48.5 Å². The van der Waals surface area contributed by atoms with E-state index < -0.39 is 0 Å². The topological polar surface area (TPSA) is 23.5 Å². The second kappa shape index (κ2) is 6.58. The average molecular weight is 277 g/mol.